The third kappa shape index (κ3) is 4.25. The van der Waals surface area contributed by atoms with Crippen LogP contribution in [0.2, 0.25) is 0 Å². The second-order valence-electron chi connectivity index (χ2n) is 4.27. The number of thiazole rings is 1. The number of aromatic nitrogens is 2. The van der Waals surface area contributed by atoms with E-state index in [9.17, 15) is 9.59 Å². The SMILES string of the molecule is Cc1cnccc1CNC(=O)NCc1nc(C(=O)O)cs1. The zero-order chi connectivity index (χ0) is 15.2. The van der Waals surface area contributed by atoms with Crippen LogP contribution in [0, 0.1) is 6.92 Å². The van der Waals surface area contributed by atoms with Crippen LogP contribution in [0.1, 0.15) is 26.6 Å². The Morgan fingerprint density at radius 1 is 1.33 bits per heavy atom. The van der Waals surface area contributed by atoms with Crippen LogP contribution in [-0.2, 0) is 13.1 Å². The van der Waals surface area contributed by atoms with Crippen molar-refractivity contribution in [3.63, 3.8) is 0 Å². The number of hydrogen-bond donors (Lipinski definition) is 3. The lowest BCUT2D eigenvalue weighted by molar-refractivity contribution is 0.0691. The van der Waals surface area contributed by atoms with E-state index in [0.717, 1.165) is 11.1 Å². The van der Waals surface area contributed by atoms with Gasteiger partial charge in [-0.1, -0.05) is 0 Å². The Kier molecular flexibility index (Phi) is 4.83. The highest BCUT2D eigenvalue weighted by Crippen LogP contribution is 2.09. The van der Waals surface area contributed by atoms with Crippen molar-refractivity contribution in [1.82, 2.24) is 20.6 Å². The zero-order valence-corrected chi connectivity index (χ0v) is 12.1. The van der Waals surface area contributed by atoms with Crippen molar-refractivity contribution in [2.45, 2.75) is 20.0 Å². The van der Waals surface area contributed by atoms with E-state index in [1.54, 1.807) is 12.4 Å². The maximum Gasteiger partial charge on any atom is 0.355 e. The maximum atomic E-state index is 11.7. The number of rotatable bonds is 5. The minimum absolute atomic E-state index is 0.00961. The molecule has 2 aromatic heterocycles. The fraction of sp³-hybridized carbons (Fsp3) is 0.231. The Hall–Kier alpha value is -2.48. The number of amides is 2. The number of hydrogen-bond acceptors (Lipinski definition) is 5. The normalized spacial score (nSPS) is 10.1. The summed E-state index contributed by atoms with van der Waals surface area (Å²) in [6, 6.07) is 1.51. The minimum atomic E-state index is -1.07. The van der Waals surface area contributed by atoms with E-state index >= 15 is 0 Å². The van der Waals surface area contributed by atoms with Crippen molar-refractivity contribution in [3.05, 3.63) is 45.7 Å². The third-order valence-electron chi connectivity index (χ3n) is 2.75. The van der Waals surface area contributed by atoms with Crippen molar-refractivity contribution in [3.8, 4) is 0 Å². The van der Waals surface area contributed by atoms with Crippen LogP contribution in [0.5, 0.6) is 0 Å². The highest BCUT2D eigenvalue weighted by Gasteiger charge is 2.09. The molecule has 2 heterocycles. The van der Waals surface area contributed by atoms with Crippen molar-refractivity contribution in [2.75, 3.05) is 0 Å². The van der Waals surface area contributed by atoms with Crippen LogP contribution < -0.4 is 10.6 Å². The Morgan fingerprint density at radius 2 is 2.10 bits per heavy atom. The predicted octanol–water partition coefficient (Wildman–Crippen LogP) is 1.54. The first kappa shape index (κ1) is 14.9. The zero-order valence-electron chi connectivity index (χ0n) is 11.3. The molecule has 0 fully saturated rings. The maximum absolute atomic E-state index is 11.7. The number of aromatic carboxylic acids is 1. The molecule has 2 aromatic rings. The molecule has 0 unspecified atom stereocenters. The highest BCUT2D eigenvalue weighted by molar-refractivity contribution is 7.09. The molecule has 2 rings (SSSR count). The number of nitrogens with one attached hydrogen (secondary N) is 2. The highest BCUT2D eigenvalue weighted by atomic mass is 32.1. The quantitative estimate of drug-likeness (QED) is 0.777. The number of pyridine rings is 1. The molecule has 0 aliphatic rings. The molecule has 110 valence electrons. The van der Waals surface area contributed by atoms with E-state index < -0.39 is 5.97 Å². The lowest BCUT2D eigenvalue weighted by Crippen LogP contribution is -2.34. The molecule has 0 aromatic carbocycles. The van der Waals surface area contributed by atoms with Crippen molar-refractivity contribution in [2.24, 2.45) is 0 Å². The van der Waals surface area contributed by atoms with E-state index in [1.165, 1.54) is 16.7 Å². The van der Waals surface area contributed by atoms with Gasteiger partial charge in [0, 0.05) is 24.3 Å². The molecule has 3 N–H and O–H groups in total. The lowest BCUT2D eigenvalue weighted by atomic mass is 10.1. The van der Waals surface area contributed by atoms with Gasteiger partial charge in [0.15, 0.2) is 5.69 Å². The first-order valence-corrected chi connectivity index (χ1v) is 7.03. The molecule has 0 aliphatic carbocycles. The summed E-state index contributed by atoms with van der Waals surface area (Å²) in [6.45, 7) is 2.52. The summed E-state index contributed by atoms with van der Waals surface area (Å²) in [5, 5.41) is 16.1. The summed E-state index contributed by atoms with van der Waals surface area (Å²) < 4.78 is 0. The number of aryl methyl sites for hydroxylation is 1. The summed E-state index contributed by atoms with van der Waals surface area (Å²) >= 11 is 1.19. The average molecular weight is 306 g/mol. The number of carbonyl (C=O) groups is 2. The standard InChI is InChI=1S/C13H14N4O3S/c1-8-4-14-3-2-9(8)5-15-13(20)16-6-11-17-10(7-21-11)12(18)19/h2-4,7H,5-6H2,1H3,(H,18,19)(H2,15,16,20). The average Bonchev–Trinajstić information content (AvgIpc) is 2.93. The molecule has 0 saturated heterocycles. The molecule has 0 atom stereocenters. The Bertz CT molecular complexity index is 656. The molecule has 0 radical (unpaired) electrons. The lowest BCUT2D eigenvalue weighted by Gasteiger charge is -2.08. The van der Waals surface area contributed by atoms with Crippen molar-refractivity contribution in [1.29, 1.82) is 0 Å². The van der Waals surface area contributed by atoms with Crippen molar-refractivity contribution >= 4 is 23.3 Å². The van der Waals surface area contributed by atoms with Crippen LogP contribution in [-0.4, -0.2) is 27.1 Å². The molecule has 0 saturated carbocycles. The van der Waals surface area contributed by atoms with Gasteiger partial charge in [-0.15, -0.1) is 11.3 Å². The van der Waals surface area contributed by atoms with Gasteiger partial charge >= 0.3 is 12.0 Å². The van der Waals surface area contributed by atoms with Gasteiger partial charge in [-0.3, -0.25) is 4.98 Å². The molecule has 0 bridgehead atoms. The van der Waals surface area contributed by atoms with Gasteiger partial charge in [-0.25, -0.2) is 14.6 Å². The first-order valence-electron chi connectivity index (χ1n) is 6.15. The van der Waals surface area contributed by atoms with E-state index in [4.69, 9.17) is 5.11 Å². The van der Waals surface area contributed by atoms with Crippen LogP contribution in [0.4, 0.5) is 4.79 Å². The molecule has 2 amide bonds. The van der Waals surface area contributed by atoms with E-state index in [-0.39, 0.29) is 18.3 Å². The van der Waals surface area contributed by atoms with E-state index in [1.807, 2.05) is 13.0 Å². The van der Waals surface area contributed by atoms with Gasteiger partial charge in [-0.2, -0.15) is 0 Å². The molecule has 0 spiro atoms. The number of carbonyl (C=O) groups excluding carboxylic acids is 1. The smallest absolute Gasteiger partial charge is 0.355 e. The monoisotopic (exact) mass is 306 g/mol. The molecular weight excluding hydrogens is 292 g/mol. The number of carboxylic acid groups (broad SMARTS) is 1. The third-order valence-corrected chi connectivity index (χ3v) is 3.60. The summed E-state index contributed by atoms with van der Waals surface area (Å²) in [4.78, 5) is 30.2. The van der Waals surface area contributed by atoms with E-state index in [2.05, 4.69) is 20.6 Å². The van der Waals surface area contributed by atoms with Gasteiger partial charge in [0.25, 0.3) is 0 Å². The van der Waals surface area contributed by atoms with Gasteiger partial charge in [0.2, 0.25) is 0 Å². The van der Waals surface area contributed by atoms with Gasteiger partial charge < -0.3 is 15.7 Å². The molecule has 7 nitrogen and oxygen atoms in total. The fourth-order valence-electron chi connectivity index (χ4n) is 1.58. The van der Waals surface area contributed by atoms with Crippen LogP contribution in [0.25, 0.3) is 0 Å². The van der Waals surface area contributed by atoms with Crippen LogP contribution >= 0.6 is 11.3 Å². The summed E-state index contributed by atoms with van der Waals surface area (Å²) in [5.74, 6) is -1.07. The topological polar surface area (TPSA) is 104 Å². The van der Waals surface area contributed by atoms with E-state index in [0.29, 0.717) is 11.6 Å². The van der Waals surface area contributed by atoms with Gasteiger partial charge in [-0.05, 0) is 24.1 Å². The Labute approximate surface area is 125 Å². The predicted molar refractivity (Wildman–Crippen MR) is 77.1 cm³/mol. The molecular formula is C13H14N4O3S. The van der Waals surface area contributed by atoms with Crippen molar-refractivity contribution < 1.29 is 14.7 Å². The number of urea groups is 1. The van der Waals surface area contributed by atoms with Crippen LogP contribution in [0.3, 0.4) is 0 Å². The second-order valence-corrected chi connectivity index (χ2v) is 5.21. The first-order chi connectivity index (χ1) is 10.1. The summed E-state index contributed by atoms with van der Waals surface area (Å²) in [7, 11) is 0. The Balaban J connectivity index is 1.79. The fourth-order valence-corrected chi connectivity index (χ4v) is 2.29. The molecule has 21 heavy (non-hydrogen) atoms. The largest absolute Gasteiger partial charge is 0.476 e. The number of nitrogens with zero attached hydrogens (tertiary/aromatic N) is 2. The van der Waals surface area contributed by atoms with Crippen LogP contribution in [0.15, 0.2) is 23.8 Å². The molecule has 8 heteroatoms. The Morgan fingerprint density at radius 3 is 2.76 bits per heavy atom. The van der Waals surface area contributed by atoms with Gasteiger partial charge in [0.05, 0.1) is 6.54 Å². The van der Waals surface area contributed by atoms with Gasteiger partial charge in [0.1, 0.15) is 5.01 Å². The molecule has 0 aliphatic heterocycles. The minimum Gasteiger partial charge on any atom is -0.476 e. The second kappa shape index (κ2) is 6.80. The summed E-state index contributed by atoms with van der Waals surface area (Å²) in [6.07, 6.45) is 3.41. The number of carboxylic acids is 1. The summed E-state index contributed by atoms with van der Waals surface area (Å²) in [5.41, 5.74) is 1.98.